The van der Waals surface area contributed by atoms with Crippen LogP contribution in [0, 0.1) is 5.82 Å². The summed E-state index contributed by atoms with van der Waals surface area (Å²) in [5.74, 6) is -0.0882. The van der Waals surface area contributed by atoms with Crippen molar-refractivity contribution in [1.82, 2.24) is 19.7 Å². The van der Waals surface area contributed by atoms with Crippen molar-refractivity contribution in [3.05, 3.63) is 59.8 Å². The number of piperidine rings is 1. The molecule has 4 rings (SSSR count). The van der Waals surface area contributed by atoms with E-state index in [0.29, 0.717) is 23.0 Å². The Balaban J connectivity index is 1.58. The van der Waals surface area contributed by atoms with Crippen LogP contribution in [0.5, 0.6) is 0 Å². The maximum Gasteiger partial charge on any atom is 0.255 e. The highest BCUT2D eigenvalue weighted by atomic mass is 19.1. The fraction of sp³-hybridized carbons (Fsp3) is 0.316. The first-order valence-electron chi connectivity index (χ1n) is 8.44. The Bertz CT molecular complexity index is 936. The molecule has 128 valence electrons. The predicted octanol–water partition coefficient (Wildman–Crippen LogP) is 3.13. The van der Waals surface area contributed by atoms with Crippen LogP contribution in [0.4, 0.5) is 4.39 Å². The second-order valence-corrected chi connectivity index (χ2v) is 6.53. The summed E-state index contributed by atoms with van der Waals surface area (Å²) in [5.41, 5.74) is 2.34. The standard InChI is InChI=1S/C19H19FN4O/c1-23-18(6-7-22-23)13-3-2-8-24(12-13)19(25)15-9-14-10-16(20)4-5-17(14)21-11-15/h4-7,9-11,13H,2-3,8,12H2,1H3. The van der Waals surface area contributed by atoms with Gasteiger partial charge in [0, 0.05) is 49.5 Å². The minimum atomic E-state index is -0.326. The summed E-state index contributed by atoms with van der Waals surface area (Å²) in [4.78, 5) is 19.1. The molecule has 6 heteroatoms. The van der Waals surface area contributed by atoms with Gasteiger partial charge in [0.2, 0.25) is 0 Å². The highest BCUT2D eigenvalue weighted by Gasteiger charge is 2.27. The summed E-state index contributed by atoms with van der Waals surface area (Å²) in [6.07, 6.45) is 5.37. The quantitative estimate of drug-likeness (QED) is 0.721. The van der Waals surface area contributed by atoms with Gasteiger partial charge < -0.3 is 4.90 Å². The van der Waals surface area contributed by atoms with Crippen molar-refractivity contribution in [2.24, 2.45) is 7.05 Å². The number of hydrogen-bond acceptors (Lipinski definition) is 3. The third-order valence-electron chi connectivity index (χ3n) is 4.88. The number of aryl methyl sites for hydroxylation is 1. The lowest BCUT2D eigenvalue weighted by Gasteiger charge is -2.32. The first-order chi connectivity index (χ1) is 12.1. The molecule has 3 aromatic rings. The van der Waals surface area contributed by atoms with Gasteiger partial charge in [-0.2, -0.15) is 5.10 Å². The molecule has 1 aliphatic rings. The number of aromatic nitrogens is 3. The minimum Gasteiger partial charge on any atom is -0.338 e. The molecule has 0 bridgehead atoms. The Morgan fingerprint density at radius 3 is 2.96 bits per heavy atom. The van der Waals surface area contributed by atoms with Gasteiger partial charge in [0.25, 0.3) is 5.91 Å². The van der Waals surface area contributed by atoms with E-state index in [1.165, 1.54) is 12.1 Å². The molecule has 1 atom stereocenters. The second kappa shape index (κ2) is 6.27. The Hall–Kier alpha value is -2.76. The van der Waals surface area contributed by atoms with Gasteiger partial charge in [-0.15, -0.1) is 0 Å². The maximum absolute atomic E-state index is 13.4. The number of carbonyl (C=O) groups excluding carboxylic acids is 1. The van der Waals surface area contributed by atoms with Gasteiger partial charge in [-0.1, -0.05) is 0 Å². The van der Waals surface area contributed by atoms with Crippen molar-refractivity contribution in [2.75, 3.05) is 13.1 Å². The van der Waals surface area contributed by atoms with Gasteiger partial charge in [0.1, 0.15) is 5.82 Å². The van der Waals surface area contributed by atoms with Crippen LogP contribution >= 0.6 is 0 Å². The van der Waals surface area contributed by atoms with E-state index in [1.807, 2.05) is 22.7 Å². The van der Waals surface area contributed by atoms with Crippen molar-refractivity contribution >= 4 is 16.8 Å². The van der Waals surface area contributed by atoms with Crippen LogP contribution in [-0.2, 0) is 7.05 Å². The fourth-order valence-corrected chi connectivity index (χ4v) is 3.59. The van der Waals surface area contributed by atoms with Gasteiger partial charge in [-0.05, 0) is 43.2 Å². The monoisotopic (exact) mass is 338 g/mol. The predicted molar refractivity (Wildman–Crippen MR) is 92.8 cm³/mol. The van der Waals surface area contributed by atoms with E-state index in [-0.39, 0.29) is 17.6 Å². The van der Waals surface area contributed by atoms with Crippen LogP contribution in [0.1, 0.15) is 34.8 Å². The highest BCUT2D eigenvalue weighted by molar-refractivity contribution is 5.97. The van der Waals surface area contributed by atoms with E-state index in [1.54, 1.807) is 24.5 Å². The average Bonchev–Trinajstić information content (AvgIpc) is 3.06. The van der Waals surface area contributed by atoms with Crippen molar-refractivity contribution in [3.63, 3.8) is 0 Å². The summed E-state index contributed by atoms with van der Waals surface area (Å²) in [6, 6.07) is 8.15. The molecule has 2 aromatic heterocycles. The first-order valence-corrected chi connectivity index (χ1v) is 8.44. The number of benzene rings is 1. The van der Waals surface area contributed by atoms with Gasteiger partial charge >= 0.3 is 0 Å². The van der Waals surface area contributed by atoms with E-state index >= 15 is 0 Å². The summed E-state index contributed by atoms with van der Waals surface area (Å²) in [6.45, 7) is 1.40. The molecule has 25 heavy (non-hydrogen) atoms. The van der Waals surface area contributed by atoms with Crippen LogP contribution in [0.15, 0.2) is 42.7 Å². The average molecular weight is 338 g/mol. The maximum atomic E-state index is 13.4. The van der Waals surface area contributed by atoms with Crippen LogP contribution in [0.2, 0.25) is 0 Å². The Labute approximate surface area is 145 Å². The summed E-state index contributed by atoms with van der Waals surface area (Å²) in [5, 5.41) is 4.87. The van der Waals surface area contributed by atoms with Crippen LogP contribution in [-0.4, -0.2) is 38.7 Å². The van der Waals surface area contributed by atoms with E-state index in [0.717, 1.165) is 25.1 Å². The third-order valence-corrected chi connectivity index (χ3v) is 4.88. The lowest BCUT2D eigenvalue weighted by Crippen LogP contribution is -2.39. The summed E-state index contributed by atoms with van der Waals surface area (Å²) < 4.78 is 15.3. The zero-order valence-corrected chi connectivity index (χ0v) is 14.0. The molecular weight excluding hydrogens is 319 g/mol. The fourth-order valence-electron chi connectivity index (χ4n) is 3.59. The summed E-state index contributed by atoms with van der Waals surface area (Å²) >= 11 is 0. The number of amides is 1. The summed E-state index contributed by atoms with van der Waals surface area (Å²) in [7, 11) is 1.93. The number of carbonyl (C=O) groups is 1. The lowest BCUT2D eigenvalue weighted by atomic mass is 9.94. The molecule has 1 aliphatic heterocycles. The smallest absolute Gasteiger partial charge is 0.255 e. The van der Waals surface area contributed by atoms with Gasteiger partial charge in [0.05, 0.1) is 11.1 Å². The largest absolute Gasteiger partial charge is 0.338 e. The van der Waals surface area contributed by atoms with E-state index in [4.69, 9.17) is 0 Å². The van der Waals surface area contributed by atoms with Crippen LogP contribution in [0.3, 0.4) is 0 Å². The topological polar surface area (TPSA) is 51.0 Å². The molecule has 3 heterocycles. The zero-order valence-electron chi connectivity index (χ0n) is 14.0. The van der Waals surface area contributed by atoms with Crippen LogP contribution < -0.4 is 0 Å². The molecule has 0 aliphatic carbocycles. The SMILES string of the molecule is Cn1nccc1C1CCCN(C(=O)c2cnc3ccc(F)cc3c2)C1. The Morgan fingerprint density at radius 1 is 1.28 bits per heavy atom. The van der Waals surface area contributed by atoms with Crippen LogP contribution in [0.25, 0.3) is 10.9 Å². The Morgan fingerprint density at radius 2 is 2.16 bits per heavy atom. The van der Waals surface area contributed by atoms with Crippen molar-refractivity contribution < 1.29 is 9.18 Å². The lowest BCUT2D eigenvalue weighted by molar-refractivity contribution is 0.0704. The number of nitrogens with zero attached hydrogens (tertiary/aromatic N) is 4. The molecule has 0 spiro atoms. The molecule has 5 nitrogen and oxygen atoms in total. The first kappa shape index (κ1) is 15.7. The number of rotatable bonds is 2. The molecular formula is C19H19FN4O. The van der Waals surface area contributed by atoms with Gasteiger partial charge in [-0.25, -0.2) is 4.39 Å². The molecule has 0 N–H and O–H groups in total. The molecule has 0 radical (unpaired) electrons. The molecule has 1 aromatic carbocycles. The Kier molecular flexibility index (Phi) is 3.95. The molecule has 1 saturated heterocycles. The van der Waals surface area contributed by atoms with E-state index in [9.17, 15) is 9.18 Å². The van der Waals surface area contributed by atoms with Crippen molar-refractivity contribution in [2.45, 2.75) is 18.8 Å². The number of fused-ring (bicyclic) bond motifs is 1. The number of halogens is 1. The zero-order chi connectivity index (χ0) is 17.4. The highest BCUT2D eigenvalue weighted by Crippen LogP contribution is 2.27. The van der Waals surface area contributed by atoms with Crippen molar-refractivity contribution in [3.8, 4) is 0 Å². The van der Waals surface area contributed by atoms with Gasteiger partial charge in [-0.3, -0.25) is 14.5 Å². The van der Waals surface area contributed by atoms with E-state index in [2.05, 4.69) is 10.1 Å². The molecule has 0 saturated carbocycles. The normalized spacial score (nSPS) is 17.8. The van der Waals surface area contributed by atoms with Crippen molar-refractivity contribution in [1.29, 1.82) is 0 Å². The molecule has 1 fully saturated rings. The third kappa shape index (κ3) is 2.99. The number of hydrogen-bond donors (Lipinski definition) is 0. The second-order valence-electron chi connectivity index (χ2n) is 6.53. The minimum absolute atomic E-state index is 0.0504. The number of likely N-dealkylation sites (tertiary alicyclic amines) is 1. The number of pyridine rings is 1. The van der Waals surface area contributed by atoms with Gasteiger partial charge in [0.15, 0.2) is 0 Å². The molecule has 1 unspecified atom stereocenters. The molecule has 1 amide bonds. The van der Waals surface area contributed by atoms with E-state index < -0.39 is 0 Å².